The highest BCUT2D eigenvalue weighted by Crippen LogP contribution is 2.29. The van der Waals surface area contributed by atoms with Gasteiger partial charge in [-0.15, -0.1) is 0 Å². The van der Waals surface area contributed by atoms with Crippen molar-refractivity contribution >= 4 is 23.8 Å². The highest BCUT2D eigenvalue weighted by molar-refractivity contribution is 5.92. The first-order chi connectivity index (χ1) is 14.4. The number of carbonyl (C=O) groups is 2. The van der Waals surface area contributed by atoms with E-state index in [0.29, 0.717) is 28.5 Å². The van der Waals surface area contributed by atoms with Crippen LogP contribution in [0.5, 0.6) is 17.2 Å². The molecule has 2 aromatic carbocycles. The van der Waals surface area contributed by atoms with Crippen molar-refractivity contribution in [1.82, 2.24) is 0 Å². The lowest BCUT2D eigenvalue weighted by Gasteiger charge is -2.10. The SMILES string of the molecule is COc1cc(C=Nc2ccc(O)c(C(=O)O)c2)ccc1OCc1ccc(C(=O)O)o1. The quantitative estimate of drug-likeness (QED) is 0.477. The van der Waals surface area contributed by atoms with Gasteiger partial charge in [-0.25, -0.2) is 9.59 Å². The van der Waals surface area contributed by atoms with Crippen molar-refractivity contribution in [2.45, 2.75) is 6.61 Å². The van der Waals surface area contributed by atoms with Crippen LogP contribution in [0.1, 0.15) is 32.2 Å². The lowest BCUT2D eigenvalue weighted by Crippen LogP contribution is -1.98. The lowest BCUT2D eigenvalue weighted by molar-refractivity contribution is 0.0655. The molecule has 0 atom stereocenters. The van der Waals surface area contributed by atoms with Gasteiger partial charge in [-0.2, -0.15) is 0 Å². The van der Waals surface area contributed by atoms with Gasteiger partial charge in [-0.1, -0.05) is 0 Å². The van der Waals surface area contributed by atoms with Gasteiger partial charge in [-0.05, 0) is 54.1 Å². The summed E-state index contributed by atoms with van der Waals surface area (Å²) < 4.78 is 16.1. The van der Waals surface area contributed by atoms with Crippen molar-refractivity contribution in [2.24, 2.45) is 4.99 Å². The number of furan rings is 1. The minimum atomic E-state index is -1.25. The van der Waals surface area contributed by atoms with E-state index in [-0.39, 0.29) is 23.7 Å². The number of rotatable bonds is 8. The maximum absolute atomic E-state index is 11.1. The molecule has 1 heterocycles. The molecular weight excluding hydrogens is 394 g/mol. The summed E-state index contributed by atoms with van der Waals surface area (Å²) in [6, 6.07) is 11.9. The molecule has 0 saturated heterocycles. The summed E-state index contributed by atoms with van der Waals surface area (Å²) in [6.45, 7) is 0.0164. The molecule has 0 unspecified atom stereocenters. The zero-order valence-electron chi connectivity index (χ0n) is 15.7. The number of carboxylic acid groups (broad SMARTS) is 2. The van der Waals surface area contributed by atoms with Crippen LogP contribution >= 0.6 is 0 Å². The summed E-state index contributed by atoms with van der Waals surface area (Å²) >= 11 is 0. The molecule has 9 heteroatoms. The predicted octanol–water partition coefficient (Wildman–Crippen LogP) is 3.72. The number of methoxy groups -OCH3 is 1. The summed E-state index contributed by atoms with van der Waals surface area (Å²) in [4.78, 5) is 26.2. The van der Waals surface area contributed by atoms with Gasteiger partial charge < -0.3 is 29.2 Å². The number of hydrogen-bond donors (Lipinski definition) is 3. The lowest BCUT2D eigenvalue weighted by atomic mass is 10.1. The molecule has 30 heavy (non-hydrogen) atoms. The molecule has 3 aromatic rings. The summed E-state index contributed by atoms with van der Waals surface area (Å²) in [7, 11) is 1.47. The molecule has 0 aliphatic heterocycles. The number of nitrogens with zero attached hydrogens (tertiary/aromatic N) is 1. The van der Waals surface area contributed by atoms with Crippen LogP contribution in [0.2, 0.25) is 0 Å². The minimum Gasteiger partial charge on any atom is -0.507 e. The smallest absolute Gasteiger partial charge is 0.371 e. The zero-order valence-corrected chi connectivity index (χ0v) is 15.7. The fourth-order valence-electron chi connectivity index (χ4n) is 2.53. The van der Waals surface area contributed by atoms with Crippen molar-refractivity contribution in [2.75, 3.05) is 7.11 Å². The van der Waals surface area contributed by atoms with Crippen molar-refractivity contribution in [3.63, 3.8) is 0 Å². The van der Waals surface area contributed by atoms with Gasteiger partial charge in [0, 0.05) is 6.21 Å². The molecule has 0 fully saturated rings. The second-order valence-corrected chi connectivity index (χ2v) is 6.03. The van der Waals surface area contributed by atoms with Crippen molar-refractivity contribution in [3.05, 3.63) is 71.2 Å². The molecule has 0 spiro atoms. The Hall–Kier alpha value is -4.27. The second-order valence-electron chi connectivity index (χ2n) is 6.03. The Morgan fingerprint density at radius 2 is 1.83 bits per heavy atom. The van der Waals surface area contributed by atoms with Gasteiger partial charge in [0.15, 0.2) is 11.5 Å². The fourth-order valence-corrected chi connectivity index (χ4v) is 2.53. The number of phenols is 1. The van der Waals surface area contributed by atoms with Gasteiger partial charge >= 0.3 is 11.9 Å². The topological polar surface area (TPSA) is 139 Å². The Morgan fingerprint density at radius 1 is 1.03 bits per heavy atom. The van der Waals surface area contributed by atoms with Crippen LogP contribution in [0.3, 0.4) is 0 Å². The van der Waals surface area contributed by atoms with Crippen molar-refractivity contribution in [1.29, 1.82) is 0 Å². The molecule has 3 N–H and O–H groups in total. The molecule has 9 nitrogen and oxygen atoms in total. The van der Waals surface area contributed by atoms with Gasteiger partial charge in [0.25, 0.3) is 0 Å². The maximum Gasteiger partial charge on any atom is 0.371 e. The number of ether oxygens (including phenoxy) is 2. The third-order valence-electron chi connectivity index (χ3n) is 4.00. The summed E-state index contributed by atoms with van der Waals surface area (Å²) in [5, 5.41) is 27.5. The highest BCUT2D eigenvalue weighted by Gasteiger charge is 2.12. The average molecular weight is 411 g/mol. The van der Waals surface area contributed by atoms with Gasteiger partial charge in [-0.3, -0.25) is 4.99 Å². The summed E-state index contributed by atoms with van der Waals surface area (Å²) in [5.41, 5.74) is 0.779. The van der Waals surface area contributed by atoms with E-state index in [4.69, 9.17) is 24.1 Å². The molecule has 0 saturated carbocycles. The number of aliphatic imine (C=N–C) groups is 1. The van der Waals surface area contributed by atoms with Gasteiger partial charge in [0.2, 0.25) is 5.76 Å². The Labute approximate surface area is 170 Å². The third-order valence-corrected chi connectivity index (χ3v) is 4.00. The minimum absolute atomic E-state index is 0.0164. The monoisotopic (exact) mass is 411 g/mol. The van der Waals surface area contributed by atoms with Gasteiger partial charge in [0.05, 0.1) is 12.8 Å². The molecule has 154 valence electrons. The first kappa shape index (κ1) is 20.5. The van der Waals surface area contributed by atoms with Gasteiger partial charge in [0.1, 0.15) is 23.7 Å². The number of aromatic hydroxyl groups is 1. The largest absolute Gasteiger partial charge is 0.507 e. The molecule has 0 aliphatic carbocycles. The Balaban J connectivity index is 1.73. The van der Waals surface area contributed by atoms with E-state index in [9.17, 15) is 14.7 Å². The maximum atomic E-state index is 11.1. The molecular formula is C21H17NO8. The van der Waals surface area contributed by atoms with E-state index in [1.54, 1.807) is 18.2 Å². The standard InChI is InChI=1S/C21H17NO8/c1-28-19-8-12(10-22-13-3-5-16(23)15(9-13)20(24)25)2-6-17(19)29-11-14-4-7-18(30-14)21(26)27/h2-10,23H,11H2,1H3,(H,24,25)(H,26,27). The van der Waals surface area contributed by atoms with E-state index in [1.807, 2.05) is 0 Å². The molecule has 0 bridgehead atoms. The van der Waals surface area contributed by atoms with Crippen LogP contribution in [0, 0.1) is 0 Å². The highest BCUT2D eigenvalue weighted by atomic mass is 16.5. The van der Waals surface area contributed by atoms with Crippen LogP contribution in [0.4, 0.5) is 5.69 Å². The molecule has 0 radical (unpaired) electrons. The Bertz CT molecular complexity index is 1120. The Morgan fingerprint density at radius 3 is 2.50 bits per heavy atom. The predicted molar refractivity (Wildman–Crippen MR) is 105 cm³/mol. The van der Waals surface area contributed by atoms with E-state index < -0.39 is 11.9 Å². The number of carboxylic acids is 2. The number of aromatic carboxylic acids is 2. The first-order valence-electron chi connectivity index (χ1n) is 8.60. The van der Waals surface area contributed by atoms with Crippen LogP contribution in [-0.2, 0) is 6.61 Å². The van der Waals surface area contributed by atoms with Crippen LogP contribution in [0.15, 0.2) is 57.9 Å². The molecule has 0 amide bonds. The molecule has 1 aromatic heterocycles. The summed E-state index contributed by atoms with van der Waals surface area (Å²) in [5.74, 6) is -1.74. The second kappa shape index (κ2) is 8.82. The number of hydrogen-bond acceptors (Lipinski definition) is 7. The van der Waals surface area contributed by atoms with Crippen LogP contribution < -0.4 is 9.47 Å². The fraction of sp³-hybridized carbons (Fsp3) is 0.0952. The van der Waals surface area contributed by atoms with Crippen molar-refractivity contribution in [3.8, 4) is 17.2 Å². The van der Waals surface area contributed by atoms with Crippen LogP contribution in [0.25, 0.3) is 0 Å². The molecule has 3 rings (SSSR count). The van der Waals surface area contributed by atoms with Crippen molar-refractivity contribution < 1.29 is 38.8 Å². The van der Waals surface area contributed by atoms with E-state index in [1.165, 1.54) is 43.7 Å². The number of benzene rings is 2. The van der Waals surface area contributed by atoms with Crippen LogP contribution in [-0.4, -0.2) is 40.6 Å². The first-order valence-corrected chi connectivity index (χ1v) is 8.60. The van der Waals surface area contributed by atoms with E-state index in [2.05, 4.69) is 4.99 Å². The normalized spacial score (nSPS) is 10.8. The van der Waals surface area contributed by atoms with E-state index >= 15 is 0 Å². The summed E-state index contributed by atoms with van der Waals surface area (Å²) in [6.07, 6.45) is 1.51. The molecule has 0 aliphatic rings. The van der Waals surface area contributed by atoms with E-state index in [0.717, 1.165) is 0 Å². The Kier molecular flexibility index (Phi) is 6.02. The zero-order chi connectivity index (χ0) is 21.7. The average Bonchev–Trinajstić information content (AvgIpc) is 3.21. The third kappa shape index (κ3) is 4.76.